The van der Waals surface area contributed by atoms with E-state index in [1.807, 2.05) is 0 Å². The Hall–Kier alpha value is -0.810. The molecule has 0 aromatic heterocycles. The fourth-order valence-electron chi connectivity index (χ4n) is 4.29. The van der Waals surface area contributed by atoms with Crippen LogP contribution in [0.25, 0.3) is 0 Å². The predicted octanol–water partition coefficient (Wildman–Crippen LogP) is 2.97. The largest absolute Gasteiger partial charge is 0.352 e. The van der Waals surface area contributed by atoms with Crippen LogP contribution in [0.3, 0.4) is 0 Å². The molecule has 2 bridgehead atoms. The first kappa shape index (κ1) is 22.2. The summed E-state index contributed by atoms with van der Waals surface area (Å²) in [6, 6.07) is 8.55. The quantitative estimate of drug-likeness (QED) is 0.788. The summed E-state index contributed by atoms with van der Waals surface area (Å²) < 4.78 is 0. The third kappa shape index (κ3) is 5.10. The summed E-state index contributed by atoms with van der Waals surface area (Å²) in [5.41, 5.74) is 8.72. The van der Waals surface area contributed by atoms with Gasteiger partial charge in [-0.05, 0) is 55.8 Å². The molecule has 0 radical (unpaired) electrons. The summed E-state index contributed by atoms with van der Waals surface area (Å²) in [6.45, 7) is 4.73. The molecular weight excluding hydrogens is 357 g/mol. The Labute approximate surface area is 163 Å². The third-order valence-corrected chi connectivity index (χ3v) is 5.73. The predicted molar refractivity (Wildman–Crippen MR) is 107 cm³/mol. The second kappa shape index (κ2) is 9.77. The van der Waals surface area contributed by atoms with Crippen LogP contribution >= 0.6 is 24.8 Å². The van der Waals surface area contributed by atoms with Gasteiger partial charge in [-0.3, -0.25) is 4.79 Å². The fraction of sp³-hybridized carbons (Fsp3) is 0.632. The van der Waals surface area contributed by atoms with Crippen molar-refractivity contribution >= 4 is 30.7 Å². The number of nitrogens with zero attached hydrogens (tertiary/aromatic N) is 1. The summed E-state index contributed by atoms with van der Waals surface area (Å²) in [5, 5.41) is 3.12. The smallest absolute Gasteiger partial charge is 0.225 e. The Kier molecular flexibility index (Phi) is 8.69. The van der Waals surface area contributed by atoms with Crippen molar-refractivity contribution in [3.63, 3.8) is 0 Å². The zero-order valence-corrected chi connectivity index (χ0v) is 16.7. The van der Waals surface area contributed by atoms with E-state index in [2.05, 4.69) is 48.5 Å². The lowest BCUT2D eigenvalue weighted by molar-refractivity contribution is -0.127. The maximum Gasteiger partial charge on any atom is 0.225 e. The van der Waals surface area contributed by atoms with Crippen LogP contribution < -0.4 is 11.1 Å². The maximum absolute atomic E-state index is 12.5. The first-order chi connectivity index (χ1) is 11.1. The van der Waals surface area contributed by atoms with E-state index in [0.717, 1.165) is 25.1 Å². The number of benzene rings is 1. The molecule has 1 aromatic rings. The fourth-order valence-corrected chi connectivity index (χ4v) is 4.29. The van der Waals surface area contributed by atoms with Crippen LogP contribution in [0.15, 0.2) is 24.3 Å². The highest BCUT2D eigenvalue weighted by Crippen LogP contribution is 2.47. The van der Waals surface area contributed by atoms with Gasteiger partial charge in [0.25, 0.3) is 0 Å². The normalized spacial score (nSPS) is 26.9. The van der Waals surface area contributed by atoms with Gasteiger partial charge < -0.3 is 16.0 Å². The molecule has 0 spiro atoms. The van der Waals surface area contributed by atoms with Gasteiger partial charge in [0.1, 0.15) is 0 Å². The monoisotopic (exact) mass is 387 g/mol. The van der Waals surface area contributed by atoms with E-state index in [-0.39, 0.29) is 42.7 Å². The molecule has 142 valence electrons. The number of fused-ring (bicyclic) bond motifs is 2. The number of carbonyl (C=O) groups excluding carboxylic acids is 1. The first-order valence-corrected chi connectivity index (χ1v) is 8.88. The number of rotatable bonds is 6. The van der Waals surface area contributed by atoms with Crippen molar-refractivity contribution in [1.29, 1.82) is 0 Å². The highest BCUT2D eigenvalue weighted by Gasteiger charge is 2.48. The number of hydrogen-bond donors (Lipinski definition) is 2. The van der Waals surface area contributed by atoms with Crippen molar-refractivity contribution in [1.82, 2.24) is 10.2 Å². The Morgan fingerprint density at radius 3 is 2.56 bits per heavy atom. The van der Waals surface area contributed by atoms with Crippen LogP contribution in [0.4, 0.5) is 0 Å². The Morgan fingerprint density at radius 2 is 1.92 bits per heavy atom. The molecule has 4 nitrogen and oxygen atoms in total. The molecule has 2 fully saturated rings. The van der Waals surface area contributed by atoms with Gasteiger partial charge in [0.2, 0.25) is 5.91 Å². The number of hydrogen-bond acceptors (Lipinski definition) is 3. The molecule has 25 heavy (non-hydrogen) atoms. The van der Waals surface area contributed by atoms with Crippen molar-refractivity contribution in [3.8, 4) is 0 Å². The minimum Gasteiger partial charge on any atom is -0.352 e. The van der Waals surface area contributed by atoms with Crippen molar-refractivity contribution in [3.05, 3.63) is 35.4 Å². The summed E-state index contributed by atoms with van der Waals surface area (Å²) in [4.78, 5) is 14.8. The zero-order chi connectivity index (χ0) is 16.4. The summed E-state index contributed by atoms with van der Waals surface area (Å²) in [5.74, 6) is 1.27. The number of amides is 1. The molecule has 2 aliphatic rings. The van der Waals surface area contributed by atoms with Gasteiger partial charge in [-0.1, -0.05) is 31.2 Å². The van der Waals surface area contributed by atoms with Gasteiger partial charge in [0, 0.05) is 19.1 Å². The topological polar surface area (TPSA) is 58.4 Å². The Morgan fingerprint density at radius 1 is 1.24 bits per heavy atom. The molecule has 2 aliphatic carbocycles. The van der Waals surface area contributed by atoms with E-state index < -0.39 is 0 Å². The molecule has 0 saturated heterocycles. The first-order valence-electron chi connectivity index (χ1n) is 8.88. The molecule has 1 amide bonds. The molecule has 3 N–H and O–H groups in total. The van der Waals surface area contributed by atoms with Crippen LogP contribution in [0.1, 0.15) is 37.3 Å². The second-order valence-electron chi connectivity index (χ2n) is 7.30. The molecule has 4 unspecified atom stereocenters. The van der Waals surface area contributed by atoms with Crippen LogP contribution in [0.5, 0.6) is 0 Å². The summed E-state index contributed by atoms with van der Waals surface area (Å²) in [6.07, 6.45) is 3.54. The van der Waals surface area contributed by atoms with E-state index >= 15 is 0 Å². The highest BCUT2D eigenvalue weighted by atomic mass is 35.5. The lowest BCUT2D eigenvalue weighted by Gasteiger charge is -2.27. The van der Waals surface area contributed by atoms with Crippen molar-refractivity contribution in [2.24, 2.45) is 23.5 Å². The second-order valence-corrected chi connectivity index (χ2v) is 7.30. The molecule has 4 atom stereocenters. The van der Waals surface area contributed by atoms with E-state index in [0.29, 0.717) is 18.4 Å². The molecule has 2 saturated carbocycles. The van der Waals surface area contributed by atoms with Crippen LogP contribution in [-0.4, -0.2) is 30.4 Å². The molecule has 0 aliphatic heterocycles. The Bertz CT molecular complexity index is 567. The van der Waals surface area contributed by atoms with Gasteiger partial charge >= 0.3 is 0 Å². The number of nitrogens with one attached hydrogen (secondary N) is 1. The van der Waals surface area contributed by atoms with E-state index in [9.17, 15) is 4.79 Å². The Balaban J connectivity index is 0.00000156. The average Bonchev–Trinajstić information content (AvgIpc) is 3.14. The SMILES string of the molecule is CCN(C)Cc1cccc(CNC(=O)C2C3CCC(C3)C2N)c1.Cl.Cl. The van der Waals surface area contributed by atoms with Gasteiger partial charge in [-0.25, -0.2) is 0 Å². The molecule has 6 heteroatoms. The van der Waals surface area contributed by atoms with Crippen molar-refractivity contribution < 1.29 is 4.79 Å². The third-order valence-electron chi connectivity index (χ3n) is 5.73. The average molecular weight is 388 g/mol. The lowest BCUT2D eigenvalue weighted by atomic mass is 9.84. The van der Waals surface area contributed by atoms with Gasteiger partial charge in [-0.15, -0.1) is 24.8 Å². The summed E-state index contributed by atoms with van der Waals surface area (Å²) >= 11 is 0. The van der Waals surface area contributed by atoms with Crippen molar-refractivity contribution in [2.45, 2.75) is 45.3 Å². The van der Waals surface area contributed by atoms with Crippen LogP contribution in [0.2, 0.25) is 0 Å². The van der Waals surface area contributed by atoms with Gasteiger partial charge in [0.05, 0.1) is 5.92 Å². The number of carbonyl (C=O) groups is 1. The van der Waals surface area contributed by atoms with Crippen molar-refractivity contribution in [2.75, 3.05) is 13.6 Å². The molecule has 3 rings (SSSR count). The minimum absolute atomic E-state index is 0. The van der Waals surface area contributed by atoms with Gasteiger partial charge in [-0.2, -0.15) is 0 Å². The van der Waals surface area contributed by atoms with Gasteiger partial charge in [0.15, 0.2) is 0 Å². The van der Waals surface area contributed by atoms with E-state index in [1.54, 1.807) is 0 Å². The molecule has 1 aromatic carbocycles. The zero-order valence-electron chi connectivity index (χ0n) is 15.1. The highest BCUT2D eigenvalue weighted by molar-refractivity contribution is 5.85. The number of nitrogens with two attached hydrogens (primary N) is 1. The minimum atomic E-state index is 0. The van der Waals surface area contributed by atoms with E-state index in [1.165, 1.54) is 18.4 Å². The lowest BCUT2D eigenvalue weighted by Crippen LogP contribution is -2.45. The molecule has 0 heterocycles. The van der Waals surface area contributed by atoms with Crippen LogP contribution in [0, 0.1) is 17.8 Å². The summed E-state index contributed by atoms with van der Waals surface area (Å²) in [7, 11) is 2.12. The number of halogens is 2. The standard InChI is InChI=1S/C19H29N3O.2ClH/c1-3-22(2)12-14-6-4-5-13(9-14)11-21-19(23)17-15-7-8-16(10-15)18(17)20;;/h4-6,9,15-18H,3,7-8,10-12,20H2,1-2H3,(H,21,23);2*1H. The molecular formula is C19H31Cl2N3O. The van der Waals surface area contributed by atoms with Crippen LogP contribution in [-0.2, 0) is 17.9 Å². The van der Waals surface area contributed by atoms with E-state index in [4.69, 9.17) is 5.73 Å². The maximum atomic E-state index is 12.5.